The van der Waals surface area contributed by atoms with E-state index in [9.17, 15) is 0 Å². The van der Waals surface area contributed by atoms with Gasteiger partial charge in [-0.2, -0.15) is 5.10 Å². The quantitative estimate of drug-likeness (QED) is 0.824. The Kier molecular flexibility index (Phi) is 2.44. The topological polar surface area (TPSA) is 43.8 Å². The average Bonchev–Trinajstić information content (AvgIpc) is 2.55. The molecular weight excluding hydrogens is 198 g/mol. The summed E-state index contributed by atoms with van der Waals surface area (Å²) in [6.45, 7) is 3.35. The number of benzene rings is 1. The van der Waals surface area contributed by atoms with Gasteiger partial charge < -0.3 is 5.73 Å². The van der Waals surface area contributed by atoms with Crippen LogP contribution >= 0.6 is 11.6 Å². The normalized spacial score (nSPS) is 11.1. The first-order valence-electron chi connectivity index (χ1n) is 4.62. The zero-order valence-corrected chi connectivity index (χ0v) is 8.75. The fraction of sp³-hybridized carbons (Fsp3) is 0.300. The van der Waals surface area contributed by atoms with Gasteiger partial charge in [-0.05, 0) is 18.6 Å². The van der Waals surface area contributed by atoms with Crippen LogP contribution in [0.3, 0.4) is 0 Å². The number of nitrogens with two attached hydrogens (primary N) is 1. The molecule has 1 aromatic carbocycles. The summed E-state index contributed by atoms with van der Waals surface area (Å²) in [6, 6.07) is 5.97. The van der Waals surface area contributed by atoms with Gasteiger partial charge in [0.25, 0.3) is 0 Å². The molecule has 0 radical (unpaired) electrons. The molecule has 2 aromatic rings. The molecule has 0 spiro atoms. The third kappa shape index (κ3) is 1.29. The van der Waals surface area contributed by atoms with Crippen LogP contribution in [-0.2, 0) is 13.1 Å². The third-order valence-corrected chi connectivity index (χ3v) is 2.61. The van der Waals surface area contributed by atoms with Gasteiger partial charge in [-0.1, -0.05) is 23.7 Å². The Morgan fingerprint density at radius 2 is 2.29 bits per heavy atom. The van der Waals surface area contributed by atoms with Crippen molar-refractivity contribution >= 4 is 22.5 Å². The minimum absolute atomic E-state index is 0.493. The lowest BCUT2D eigenvalue weighted by Gasteiger charge is -2.00. The number of nitrogens with zero attached hydrogens (tertiary/aromatic N) is 2. The van der Waals surface area contributed by atoms with E-state index in [0.29, 0.717) is 11.7 Å². The third-order valence-electron chi connectivity index (χ3n) is 2.34. The Balaban J connectivity index is 2.81. The molecule has 1 heterocycles. The fourth-order valence-electron chi connectivity index (χ4n) is 1.66. The predicted molar refractivity (Wildman–Crippen MR) is 58.3 cm³/mol. The summed E-state index contributed by atoms with van der Waals surface area (Å²) in [5.74, 6) is 0. The van der Waals surface area contributed by atoms with Crippen molar-refractivity contribution in [3.63, 3.8) is 0 Å². The highest BCUT2D eigenvalue weighted by Crippen LogP contribution is 2.26. The van der Waals surface area contributed by atoms with E-state index in [-0.39, 0.29) is 0 Å². The summed E-state index contributed by atoms with van der Waals surface area (Å²) in [5.41, 5.74) is 7.74. The smallest absolute Gasteiger partial charge is 0.159 e. The van der Waals surface area contributed by atoms with Crippen molar-refractivity contribution in [2.45, 2.75) is 20.0 Å². The molecule has 14 heavy (non-hydrogen) atoms. The molecule has 3 nitrogen and oxygen atoms in total. The lowest BCUT2D eigenvalue weighted by Crippen LogP contribution is -1.98. The minimum Gasteiger partial charge on any atom is -0.326 e. The number of aromatic nitrogens is 2. The number of rotatable bonds is 2. The molecule has 2 rings (SSSR count). The van der Waals surface area contributed by atoms with Crippen LogP contribution < -0.4 is 5.73 Å². The lowest BCUT2D eigenvalue weighted by molar-refractivity contribution is 0.684. The van der Waals surface area contributed by atoms with E-state index < -0.39 is 0 Å². The van der Waals surface area contributed by atoms with Crippen LogP contribution in [-0.4, -0.2) is 9.78 Å². The van der Waals surface area contributed by atoms with E-state index in [4.69, 9.17) is 17.3 Å². The van der Waals surface area contributed by atoms with E-state index in [2.05, 4.69) is 5.10 Å². The number of hydrogen-bond donors (Lipinski definition) is 1. The van der Waals surface area contributed by atoms with Crippen molar-refractivity contribution in [3.05, 3.63) is 28.9 Å². The number of halogens is 1. The maximum Gasteiger partial charge on any atom is 0.159 e. The lowest BCUT2D eigenvalue weighted by atomic mass is 10.1. The summed E-state index contributed by atoms with van der Waals surface area (Å²) in [6.07, 6.45) is 0. The van der Waals surface area contributed by atoms with Crippen molar-refractivity contribution in [2.75, 3.05) is 0 Å². The molecular formula is C10H12ClN3. The van der Waals surface area contributed by atoms with E-state index in [1.54, 1.807) is 0 Å². The molecule has 1 aromatic heterocycles. The highest BCUT2D eigenvalue weighted by Gasteiger charge is 2.10. The van der Waals surface area contributed by atoms with Crippen LogP contribution in [0.5, 0.6) is 0 Å². The second-order valence-corrected chi connectivity index (χ2v) is 3.48. The Hall–Kier alpha value is -1.06. The van der Waals surface area contributed by atoms with Gasteiger partial charge in [0.15, 0.2) is 5.15 Å². The first kappa shape index (κ1) is 9.49. The summed E-state index contributed by atoms with van der Waals surface area (Å²) < 4.78 is 1.89. The standard InChI is InChI=1S/C10H12ClN3/c1-2-14-8-5-3-4-7(6-12)9(8)10(11)13-14/h3-5H,2,6,12H2,1H3. The van der Waals surface area contributed by atoms with Gasteiger partial charge in [0.2, 0.25) is 0 Å². The summed E-state index contributed by atoms with van der Waals surface area (Å²) in [5, 5.41) is 5.77. The van der Waals surface area contributed by atoms with E-state index in [0.717, 1.165) is 23.0 Å². The van der Waals surface area contributed by atoms with E-state index in [1.807, 2.05) is 29.8 Å². The molecule has 0 atom stereocenters. The highest BCUT2D eigenvalue weighted by molar-refractivity contribution is 6.34. The van der Waals surface area contributed by atoms with Crippen molar-refractivity contribution in [1.29, 1.82) is 0 Å². The maximum atomic E-state index is 6.05. The van der Waals surface area contributed by atoms with Gasteiger partial charge in [0.05, 0.1) is 5.52 Å². The Labute approximate surface area is 87.5 Å². The first-order valence-corrected chi connectivity index (χ1v) is 4.99. The number of hydrogen-bond acceptors (Lipinski definition) is 2. The summed E-state index contributed by atoms with van der Waals surface area (Å²) in [7, 11) is 0. The fourth-order valence-corrected chi connectivity index (χ4v) is 1.97. The van der Waals surface area contributed by atoms with Gasteiger partial charge in [0, 0.05) is 18.5 Å². The highest BCUT2D eigenvalue weighted by atomic mass is 35.5. The molecule has 4 heteroatoms. The van der Waals surface area contributed by atoms with Gasteiger partial charge >= 0.3 is 0 Å². The molecule has 0 aliphatic rings. The van der Waals surface area contributed by atoms with Gasteiger partial charge in [0.1, 0.15) is 0 Å². The Bertz CT molecular complexity index is 462. The van der Waals surface area contributed by atoms with E-state index >= 15 is 0 Å². The summed E-state index contributed by atoms with van der Waals surface area (Å²) in [4.78, 5) is 0. The van der Waals surface area contributed by atoms with Crippen molar-refractivity contribution in [2.24, 2.45) is 5.73 Å². The molecule has 0 saturated carbocycles. The number of fused-ring (bicyclic) bond motifs is 1. The van der Waals surface area contributed by atoms with E-state index in [1.165, 1.54) is 0 Å². The molecule has 0 amide bonds. The van der Waals surface area contributed by atoms with Crippen molar-refractivity contribution < 1.29 is 0 Å². The molecule has 0 aliphatic carbocycles. The molecule has 0 saturated heterocycles. The number of aryl methyl sites for hydroxylation is 1. The minimum atomic E-state index is 0.493. The summed E-state index contributed by atoms with van der Waals surface area (Å²) >= 11 is 6.05. The van der Waals surface area contributed by atoms with Crippen molar-refractivity contribution in [3.8, 4) is 0 Å². The van der Waals surface area contributed by atoms with Crippen molar-refractivity contribution in [1.82, 2.24) is 9.78 Å². The zero-order valence-electron chi connectivity index (χ0n) is 8.00. The Morgan fingerprint density at radius 3 is 2.93 bits per heavy atom. The van der Waals surface area contributed by atoms with Crippen LogP contribution in [0.15, 0.2) is 18.2 Å². The van der Waals surface area contributed by atoms with Gasteiger partial charge in [-0.25, -0.2) is 0 Å². The van der Waals surface area contributed by atoms with Crippen LogP contribution in [0.2, 0.25) is 5.15 Å². The molecule has 0 unspecified atom stereocenters. The monoisotopic (exact) mass is 209 g/mol. The largest absolute Gasteiger partial charge is 0.326 e. The van der Waals surface area contributed by atoms with Crippen LogP contribution in [0.4, 0.5) is 0 Å². The maximum absolute atomic E-state index is 6.05. The SMILES string of the molecule is CCn1nc(Cl)c2c(CN)cccc21. The van der Waals surface area contributed by atoms with Crippen LogP contribution in [0.25, 0.3) is 10.9 Å². The predicted octanol–water partition coefficient (Wildman–Crippen LogP) is 2.17. The average molecular weight is 210 g/mol. The molecule has 0 bridgehead atoms. The molecule has 0 fully saturated rings. The first-order chi connectivity index (χ1) is 6.77. The van der Waals surface area contributed by atoms with Gasteiger partial charge in [-0.3, -0.25) is 4.68 Å². The van der Waals surface area contributed by atoms with Gasteiger partial charge in [-0.15, -0.1) is 0 Å². The Morgan fingerprint density at radius 1 is 1.50 bits per heavy atom. The molecule has 0 aliphatic heterocycles. The molecule has 74 valence electrons. The second-order valence-electron chi connectivity index (χ2n) is 3.12. The second kappa shape index (κ2) is 3.59. The molecule has 2 N–H and O–H groups in total. The van der Waals surface area contributed by atoms with Crippen LogP contribution in [0.1, 0.15) is 12.5 Å². The van der Waals surface area contributed by atoms with Crippen LogP contribution in [0, 0.1) is 0 Å². The zero-order chi connectivity index (χ0) is 10.1.